The van der Waals surface area contributed by atoms with E-state index in [1.54, 1.807) is 5.32 Å². The zero-order valence-corrected chi connectivity index (χ0v) is 11.2. The molecule has 0 heterocycles. The molecule has 0 aromatic heterocycles. The zero-order valence-electron chi connectivity index (χ0n) is 9.58. The van der Waals surface area contributed by atoms with Gasteiger partial charge in [0.1, 0.15) is 6.54 Å². The third-order valence-corrected chi connectivity index (χ3v) is 3.63. The monoisotopic (exact) mass is 315 g/mol. The van der Waals surface area contributed by atoms with Crippen LogP contribution in [0.5, 0.6) is 0 Å². The number of rotatable bonds is 3. The molecule has 0 atom stereocenters. The molecule has 9 heteroatoms. The van der Waals surface area contributed by atoms with Gasteiger partial charge in [-0.05, 0) is 24.6 Å². The summed E-state index contributed by atoms with van der Waals surface area (Å²) < 4.78 is 58.2. The van der Waals surface area contributed by atoms with Gasteiger partial charge < -0.3 is 5.32 Å². The maximum absolute atomic E-state index is 11.9. The van der Waals surface area contributed by atoms with Crippen LogP contribution in [-0.4, -0.2) is 27.0 Å². The molecule has 106 valence electrons. The molecule has 0 radical (unpaired) electrons. The Morgan fingerprint density at radius 2 is 1.95 bits per heavy atom. The van der Waals surface area contributed by atoms with Gasteiger partial charge in [-0.1, -0.05) is 6.07 Å². The van der Waals surface area contributed by atoms with E-state index >= 15 is 0 Å². The predicted octanol–water partition coefficient (Wildman–Crippen LogP) is 2.21. The molecule has 1 N–H and O–H groups in total. The van der Waals surface area contributed by atoms with E-state index in [0.717, 1.165) is 6.07 Å². The second-order valence-corrected chi connectivity index (χ2v) is 6.25. The van der Waals surface area contributed by atoms with Crippen molar-refractivity contribution in [2.24, 2.45) is 0 Å². The van der Waals surface area contributed by atoms with E-state index < -0.39 is 27.7 Å². The molecule has 0 bridgehead atoms. The minimum absolute atomic E-state index is 0.214. The Morgan fingerprint density at radius 3 is 2.42 bits per heavy atom. The van der Waals surface area contributed by atoms with Gasteiger partial charge in [0, 0.05) is 16.2 Å². The Balaban J connectivity index is 3.00. The van der Waals surface area contributed by atoms with Gasteiger partial charge in [0.05, 0.1) is 4.90 Å². The maximum Gasteiger partial charge on any atom is 0.405 e. The summed E-state index contributed by atoms with van der Waals surface area (Å²) >= 11 is 0. The highest BCUT2D eigenvalue weighted by atomic mass is 35.7. The van der Waals surface area contributed by atoms with Gasteiger partial charge in [0.25, 0.3) is 15.0 Å². The number of nitrogens with one attached hydrogen (secondary N) is 1. The minimum Gasteiger partial charge on any atom is -0.343 e. The summed E-state index contributed by atoms with van der Waals surface area (Å²) in [6.45, 7) is -0.0463. The average molecular weight is 316 g/mol. The Morgan fingerprint density at radius 1 is 1.37 bits per heavy atom. The second kappa shape index (κ2) is 5.38. The fourth-order valence-electron chi connectivity index (χ4n) is 1.29. The summed E-state index contributed by atoms with van der Waals surface area (Å²) in [5.41, 5.74) is 0.0800. The molecule has 0 aliphatic carbocycles. The standard InChI is InChI=1S/C10H9ClF3NO3S/c1-6-2-3-7(4-8(6)19(11,17)18)9(16)15-5-10(12,13)14/h2-4H,5H2,1H3,(H,15,16). The smallest absolute Gasteiger partial charge is 0.343 e. The van der Waals surface area contributed by atoms with E-state index in [2.05, 4.69) is 0 Å². The van der Waals surface area contributed by atoms with Crippen molar-refractivity contribution in [1.82, 2.24) is 5.32 Å². The summed E-state index contributed by atoms with van der Waals surface area (Å²) in [6.07, 6.45) is -4.54. The number of hydrogen-bond donors (Lipinski definition) is 1. The van der Waals surface area contributed by atoms with Crippen LogP contribution < -0.4 is 5.32 Å². The van der Waals surface area contributed by atoms with Crippen LogP contribution in [0, 0.1) is 6.92 Å². The first kappa shape index (κ1) is 15.8. The van der Waals surface area contributed by atoms with Gasteiger partial charge in [-0.2, -0.15) is 13.2 Å². The molecule has 0 spiro atoms. The molecule has 0 aliphatic rings. The van der Waals surface area contributed by atoms with Crippen molar-refractivity contribution in [2.75, 3.05) is 6.54 Å². The number of halogens is 4. The molecule has 0 fully saturated rings. The molecular formula is C10H9ClF3NO3S. The number of hydrogen-bond acceptors (Lipinski definition) is 3. The van der Waals surface area contributed by atoms with Crippen molar-refractivity contribution in [2.45, 2.75) is 18.0 Å². The summed E-state index contributed by atoms with van der Waals surface area (Å²) in [6, 6.07) is 3.44. The SMILES string of the molecule is Cc1ccc(C(=O)NCC(F)(F)F)cc1S(=O)(=O)Cl. The fourth-order valence-corrected chi connectivity index (χ4v) is 2.51. The van der Waals surface area contributed by atoms with Gasteiger partial charge in [-0.15, -0.1) is 0 Å². The molecule has 0 unspecified atom stereocenters. The highest BCUT2D eigenvalue weighted by Gasteiger charge is 2.28. The number of aryl methyl sites for hydroxylation is 1. The lowest BCUT2D eigenvalue weighted by Gasteiger charge is -2.09. The number of benzene rings is 1. The third-order valence-electron chi connectivity index (χ3n) is 2.16. The Labute approximate surface area is 112 Å². The van der Waals surface area contributed by atoms with Gasteiger partial charge >= 0.3 is 6.18 Å². The van der Waals surface area contributed by atoms with E-state index in [9.17, 15) is 26.4 Å². The van der Waals surface area contributed by atoms with E-state index in [4.69, 9.17) is 10.7 Å². The Kier molecular flexibility index (Phi) is 4.46. The van der Waals surface area contributed by atoms with Gasteiger partial charge in [-0.3, -0.25) is 4.79 Å². The van der Waals surface area contributed by atoms with Crippen LogP contribution in [0.3, 0.4) is 0 Å². The van der Waals surface area contributed by atoms with E-state index in [1.807, 2.05) is 0 Å². The highest BCUT2D eigenvalue weighted by Crippen LogP contribution is 2.21. The van der Waals surface area contributed by atoms with Crippen molar-refractivity contribution in [3.05, 3.63) is 29.3 Å². The third kappa shape index (κ3) is 4.71. The largest absolute Gasteiger partial charge is 0.405 e. The van der Waals surface area contributed by atoms with Crippen LogP contribution in [0.15, 0.2) is 23.1 Å². The predicted molar refractivity (Wildman–Crippen MR) is 62.6 cm³/mol. The van der Waals surface area contributed by atoms with Crippen LogP contribution >= 0.6 is 10.7 Å². The van der Waals surface area contributed by atoms with Gasteiger partial charge in [0.15, 0.2) is 0 Å². The van der Waals surface area contributed by atoms with Crippen molar-refractivity contribution < 1.29 is 26.4 Å². The van der Waals surface area contributed by atoms with Crippen molar-refractivity contribution in [3.63, 3.8) is 0 Å². The van der Waals surface area contributed by atoms with Crippen molar-refractivity contribution in [3.8, 4) is 0 Å². The van der Waals surface area contributed by atoms with Crippen molar-refractivity contribution in [1.29, 1.82) is 0 Å². The molecule has 0 aliphatic heterocycles. The molecular weight excluding hydrogens is 307 g/mol. The molecule has 1 amide bonds. The number of amides is 1. The molecule has 4 nitrogen and oxygen atoms in total. The van der Waals surface area contributed by atoms with E-state index in [-0.39, 0.29) is 10.5 Å². The lowest BCUT2D eigenvalue weighted by Crippen LogP contribution is -2.33. The zero-order chi connectivity index (χ0) is 14.8. The summed E-state index contributed by atoms with van der Waals surface area (Å²) in [5.74, 6) is -1.03. The first-order chi connectivity index (χ1) is 8.50. The van der Waals surface area contributed by atoms with Crippen LogP contribution in [0.4, 0.5) is 13.2 Å². The molecule has 0 saturated carbocycles. The fraction of sp³-hybridized carbons (Fsp3) is 0.300. The maximum atomic E-state index is 11.9. The lowest BCUT2D eigenvalue weighted by atomic mass is 10.1. The van der Waals surface area contributed by atoms with Gasteiger partial charge in [0.2, 0.25) is 0 Å². The topological polar surface area (TPSA) is 63.2 Å². The number of carbonyl (C=O) groups excluding carboxylic acids is 1. The van der Waals surface area contributed by atoms with E-state index in [0.29, 0.717) is 5.56 Å². The van der Waals surface area contributed by atoms with Crippen LogP contribution in [0.1, 0.15) is 15.9 Å². The first-order valence-electron chi connectivity index (χ1n) is 4.91. The summed E-state index contributed by atoms with van der Waals surface area (Å²) in [7, 11) is 1.09. The minimum atomic E-state index is -4.54. The average Bonchev–Trinajstić information content (AvgIpc) is 2.24. The molecule has 0 saturated heterocycles. The van der Waals surface area contributed by atoms with Crippen molar-refractivity contribution >= 4 is 25.6 Å². The second-order valence-electron chi connectivity index (χ2n) is 3.72. The Bertz CT molecular complexity index is 599. The normalized spacial score (nSPS) is 12.3. The summed E-state index contributed by atoms with van der Waals surface area (Å²) in [5, 5.41) is 1.64. The molecule has 1 aromatic rings. The van der Waals surface area contributed by atoms with E-state index in [1.165, 1.54) is 19.1 Å². The lowest BCUT2D eigenvalue weighted by molar-refractivity contribution is -0.123. The van der Waals surface area contributed by atoms with Gasteiger partial charge in [-0.25, -0.2) is 8.42 Å². The molecule has 19 heavy (non-hydrogen) atoms. The highest BCUT2D eigenvalue weighted by molar-refractivity contribution is 8.13. The Hall–Kier alpha value is -1.28. The number of alkyl halides is 3. The molecule has 1 rings (SSSR count). The van der Waals surface area contributed by atoms with Crippen LogP contribution in [0.25, 0.3) is 0 Å². The molecule has 1 aromatic carbocycles. The van der Waals surface area contributed by atoms with Crippen LogP contribution in [-0.2, 0) is 9.05 Å². The number of carbonyl (C=O) groups is 1. The quantitative estimate of drug-likeness (QED) is 0.870. The summed E-state index contributed by atoms with van der Waals surface area (Å²) in [4.78, 5) is 11.1. The van der Waals surface area contributed by atoms with Crippen LogP contribution in [0.2, 0.25) is 0 Å². The first-order valence-corrected chi connectivity index (χ1v) is 7.22.